The predicted molar refractivity (Wildman–Crippen MR) is 334 cm³/mol. The van der Waals surface area contributed by atoms with Crippen LogP contribution < -0.4 is 0 Å². The Kier molecular flexibility index (Phi) is 61.8. The first-order chi connectivity index (χ1) is 38.0. The second-order valence-electron chi connectivity index (χ2n) is 21.6. The summed E-state index contributed by atoms with van der Waals surface area (Å²) in [6.07, 6.45) is 87.5. The van der Waals surface area contributed by atoms with E-state index in [2.05, 4.69) is 118 Å². The third kappa shape index (κ3) is 63.0. The lowest BCUT2D eigenvalue weighted by Gasteiger charge is -2.18. The number of ether oxygens (including phenoxy) is 3. The Labute approximate surface area is 477 Å². The van der Waals surface area contributed by atoms with Crippen LogP contribution in [0.4, 0.5) is 0 Å². The zero-order chi connectivity index (χ0) is 55.7. The van der Waals surface area contributed by atoms with Gasteiger partial charge in [-0.2, -0.15) is 0 Å². The van der Waals surface area contributed by atoms with Crippen LogP contribution in [0.5, 0.6) is 0 Å². The smallest absolute Gasteiger partial charge is 0.306 e. The number of rotatable bonds is 59. The van der Waals surface area contributed by atoms with Gasteiger partial charge in [0.1, 0.15) is 13.2 Å². The molecule has 0 aliphatic rings. The highest BCUT2D eigenvalue weighted by Crippen LogP contribution is 2.16. The second-order valence-corrected chi connectivity index (χ2v) is 21.6. The Hall–Kier alpha value is -3.67. The highest BCUT2D eigenvalue weighted by atomic mass is 16.6. The number of hydrogen-bond donors (Lipinski definition) is 0. The summed E-state index contributed by atoms with van der Waals surface area (Å²) >= 11 is 0. The van der Waals surface area contributed by atoms with Crippen LogP contribution in [0.1, 0.15) is 316 Å². The first kappa shape index (κ1) is 73.3. The molecule has 6 nitrogen and oxygen atoms in total. The van der Waals surface area contributed by atoms with Crippen molar-refractivity contribution >= 4 is 17.9 Å². The van der Waals surface area contributed by atoms with Crippen LogP contribution in [0.15, 0.2) is 97.2 Å². The third-order valence-corrected chi connectivity index (χ3v) is 14.1. The molecule has 0 bridgehead atoms. The van der Waals surface area contributed by atoms with E-state index >= 15 is 0 Å². The molecular weight excluding hydrogens is 949 g/mol. The van der Waals surface area contributed by atoms with Crippen LogP contribution in [-0.2, 0) is 28.6 Å². The summed E-state index contributed by atoms with van der Waals surface area (Å²) in [7, 11) is 0. The molecule has 0 aliphatic carbocycles. The minimum absolute atomic E-state index is 0.0783. The van der Waals surface area contributed by atoms with Gasteiger partial charge in [-0.3, -0.25) is 14.4 Å². The van der Waals surface area contributed by atoms with Gasteiger partial charge in [-0.15, -0.1) is 0 Å². The standard InChI is InChI=1S/C71H122O6/c1-4-7-10-13-15-17-19-21-23-25-27-29-31-32-33-34-35-36-37-38-40-41-43-45-47-49-51-53-55-58-61-64-70(73)76-67-68(66-75-69(72)63-60-57-12-9-6-3)77-71(74)65-62-59-56-54-52-50-48-46-44-42-39-30-28-26-24-22-20-18-16-14-11-8-5-2/h7,10,15,17,21,23,26-29,32-33,35-36,38,40,68H,4-6,8-9,11-14,16,18-20,22,24-25,30-31,34,37,39,41-67H2,1-3H3/b10-7-,17-15-,23-21-,28-26-,29-27-,33-32-,36-35-,40-38-. The van der Waals surface area contributed by atoms with Gasteiger partial charge in [-0.25, -0.2) is 0 Å². The molecule has 0 aromatic heterocycles. The molecule has 0 radical (unpaired) electrons. The minimum atomic E-state index is -0.777. The van der Waals surface area contributed by atoms with E-state index in [1.54, 1.807) is 0 Å². The van der Waals surface area contributed by atoms with E-state index < -0.39 is 6.10 Å². The molecule has 442 valence electrons. The maximum Gasteiger partial charge on any atom is 0.306 e. The molecule has 1 atom stereocenters. The fraction of sp³-hybridized carbons (Fsp3) is 0.732. The fourth-order valence-corrected chi connectivity index (χ4v) is 9.18. The summed E-state index contributed by atoms with van der Waals surface area (Å²) in [6.45, 7) is 6.46. The van der Waals surface area contributed by atoms with Crippen molar-refractivity contribution in [1.29, 1.82) is 0 Å². The van der Waals surface area contributed by atoms with Crippen molar-refractivity contribution in [3.05, 3.63) is 97.2 Å². The van der Waals surface area contributed by atoms with Gasteiger partial charge in [0, 0.05) is 19.3 Å². The van der Waals surface area contributed by atoms with Crippen LogP contribution in [0.3, 0.4) is 0 Å². The van der Waals surface area contributed by atoms with Gasteiger partial charge >= 0.3 is 17.9 Å². The summed E-state index contributed by atoms with van der Waals surface area (Å²) < 4.78 is 16.8. The molecule has 0 fully saturated rings. The van der Waals surface area contributed by atoms with Gasteiger partial charge in [-0.1, -0.05) is 291 Å². The van der Waals surface area contributed by atoms with Gasteiger partial charge < -0.3 is 14.2 Å². The first-order valence-electron chi connectivity index (χ1n) is 32.7. The average molecular weight is 1070 g/mol. The molecule has 0 saturated heterocycles. The van der Waals surface area contributed by atoms with Gasteiger partial charge in [0.05, 0.1) is 0 Å². The average Bonchev–Trinajstić information content (AvgIpc) is 3.43. The molecular formula is C71H122O6. The van der Waals surface area contributed by atoms with Crippen molar-refractivity contribution in [3.63, 3.8) is 0 Å². The highest BCUT2D eigenvalue weighted by molar-refractivity contribution is 5.71. The van der Waals surface area contributed by atoms with Crippen molar-refractivity contribution in [2.45, 2.75) is 322 Å². The number of hydrogen-bond acceptors (Lipinski definition) is 6. The quantitative estimate of drug-likeness (QED) is 0.0261. The SMILES string of the molecule is CC/C=C\C/C=C\C/C=C\C/C=C\C/C=C\C/C=C\C/C=C\CCCCCCCCCCCC(=O)OCC(COC(=O)CCCCCCC)OC(=O)CCCCCCCCCCCCC/C=C\CCCCCCCCCC. The Morgan fingerprint density at radius 1 is 0.273 bits per heavy atom. The normalized spacial score (nSPS) is 12.7. The number of allylic oxidation sites excluding steroid dienone is 16. The Balaban J connectivity index is 4.05. The minimum Gasteiger partial charge on any atom is -0.462 e. The zero-order valence-electron chi connectivity index (χ0n) is 50.7. The lowest BCUT2D eigenvalue weighted by atomic mass is 10.0. The van der Waals surface area contributed by atoms with E-state index in [0.29, 0.717) is 19.3 Å². The highest BCUT2D eigenvalue weighted by Gasteiger charge is 2.19. The topological polar surface area (TPSA) is 78.9 Å². The van der Waals surface area contributed by atoms with Crippen molar-refractivity contribution in [3.8, 4) is 0 Å². The summed E-state index contributed by atoms with van der Waals surface area (Å²) in [4.78, 5) is 37.9. The van der Waals surface area contributed by atoms with Crippen LogP contribution >= 0.6 is 0 Å². The summed E-state index contributed by atoms with van der Waals surface area (Å²) in [6, 6.07) is 0. The van der Waals surface area contributed by atoms with Crippen molar-refractivity contribution in [2.24, 2.45) is 0 Å². The fourth-order valence-electron chi connectivity index (χ4n) is 9.18. The maximum atomic E-state index is 12.8. The summed E-state index contributed by atoms with van der Waals surface area (Å²) in [5.41, 5.74) is 0. The third-order valence-electron chi connectivity index (χ3n) is 14.1. The first-order valence-corrected chi connectivity index (χ1v) is 32.7. The molecule has 1 unspecified atom stereocenters. The number of esters is 3. The van der Waals surface area contributed by atoms with Crippen LogP contribution in [0.25, 0.3) is 0 Å². The predicted octanol–water partition coefficient (Wildman–Crippen LogP) is 22.4. The lowest BCUT2D eigenvalue weighted by Crippen LogP contribution is -2.30. The Morgan fingerprint density at radius 2 is 0.506 bits per heavy atom. The molecule has 0 rings (SSSR count). The second kappa shape index (κ2) is 64.9. The molecule has 0 saturated carbocycles. The molecule has 6 heteroatoms. The van der Waals surface area contributed by atoms with Crippen molar-refractivity contribution in [1.82, 2.24) is 0 Å². The van der Waals surface area contributed by atoms with Crippen molar-refractivity contribution < 1.29 is 28.6 Å². The van der Waals surface area contributed by atoms with E-state index in [0.717, 1.165) is 116 Å². The molecule has 77 heavy (non-hydrogen) atoms. The largest absolute Gasteiger partial charge is 0.462 e. The zero-order valence-corrected chi connectivity index (χ0v) is 50.7. The van der Waals surface area contributed by atoms with E-state index in [1.807, 2.05) is 0 Å². The Morgan fingerprint density at radius 3 is 0.805 bits per heavy atom. The van der Waals surface area contributed by atoms with Crippen LogP contribution in [0, 0.1) is 0 Å². The molecule has 0 aromatic carbocycles. The van der Waals surface area contributed by atoms with Gasteiger partial charge in [0.15, 0.2) is 6.10 Å². The van der Waals surface area contributed by atoms with Gasteiger partial charge in [0.25, 0.3) is 0 Å². The van der Waals surface area contributed by atoms with Crippen LogP contribution in [-0.4, -0.2) is 37.2 Å². The van der Waals surface area contributed by atoms with E-state index in [9.17, 15) is 14.4 Å². The van der Waals surface area contributed by atoms with Gasteiger partial charge in [0.2, 0.25) is 0 Å². The lowest BCUT2D eigenvalue weighted by molar-refractivity contribution is -0.167. The summed E-state index contributed by atoms with van der Waals surface area (Å²) in [5, 5.41) is 0. The molecule has 0 N–H and O–H groups in total. The number of carbonyl (C=O) groups excluding carboxylic acids is 3. The molecule has 0 spiro atoms. The van der Waals surface area contributed by atoms with Gasteiger partial charge in [-0.05, 0) is 103 Å². The van der Waals surface area contributed by atoms with E-state index in [1.165, 1.54) is 161 Å². The van der Waals surface area contributed by atoms with E-state index in [-0.39, 0.29) is 31.1 Å². The molecule has 0 aromatic rings. The Bertz CT molecular complexity index is 1510. The number of carbonyl (C=O) groups is 3. The number of unbranched alkanes of at least 4 members (excludes halogenated alkanes) is 32. The maximum absolute atomic E-state index is 12.8. The molecule has 0 amide bonds. The monoisotopic (exact) mass is 1070 g/mol. The molecule has 0 heterocycles. The van der Waals surface area contributed by atoms with E-state index in [4.69, 9.17) is 14.2 Å². The summed E-state index contributed by atoms with van der Waals surface area (Å²) in [5.74, 6) is -0.890. The van der Waals surface area contributed by atoms with Crippen molar-refractivity contribution in [2.75, 3.05) is 13.2 Å². The molecule has 0 aliphatic heterocycles. The van der Waals surface area contributed by atoms with Crippen LogP contribution in [0.2, 0.25) is 0 Å².